The number of hydrogen-bond donors (Lipinski definition) is 2. The lowest BCUT2D eigenvalue weighted by molar-refractivity contribution is 0.0152. The topological polar surface area (TPSA) is 66.2 Å². The molecule has 16 heavy (non-hydrogen) atoms. The van der Waals surface area contributed by atoms with Gasteiger partial charge in [-0.15, -0.1) is 0 Å². The van der Waals surface area contributed by atoms with Crippen LogP contribution in [0.4, 0.5) is 0 Å². The molecule has 2 N–H and O–H groups in total. The van der Waals surface area contributed by atoms with Crippen LogP contribution < -0.4 is 0 Å². The highest BCUT2D eigenvalue weighted by atomic mass is 16.3. The number of aliphatic hydroxyl groups excluding tert-OH is 2. The van der Waals surface area contributed by atoms with Gasteiger partial charge in [-0.25, -0.2) is 0 Å². The molecule has 1 aliphatic rings. The molecule has 0 saturated heterocycles. The lowest BCUT2D eigenvalue weighted by Crippen LogP contribution is -2.18. The first kappa shape index (κ1) is 9.45. The number of rotatable bonds is 0. The summed E-state index contributed by atoms with van der Waals surface area (Å²) in [6, 6.07) is 6.99. The number of aromatic nitrogens is 2. The van der Waals surface area contributed by atoms with Crippen LogP contribution >= 0.6 is 0 Å². The Morgan fingerprint density at radius 1 is 0.812 bits per heavy atom. The van der Waals surface area contributed by atoms with Gasteiger partial charge in [-0.1, -0.05) is 12.1 Å². The molecule has 4 heteroatoms. The van der Waals surface area contributed by atoms with E-state index in [-0.39, 0.29) is 0 Å². The average Bonchev–Trinajstić information content (AvgIpc) is 2.36. The fourth-order valence-corrected chi connectivity index (χ4v) is 2.05. The Bertz CT molecular complexity index is 493. The average molecular weight is 214 g/mol. The summed E-state index contributed by atoms with van der Waals surface area (Å²) >= 11 is 0. The summed E-state index contributed by atoms with van der Waals surface area (Å²) in [4.78, 5) is 8.42. The summed E-state index contributed by atoms with van der Waals surface area (Å²) < 4.78 is 0. The number of fused-ring (bicyclic) bond motifs is 3. The fraction of sp³-hybridized carbons (Fsp3) is 0.167. The molecule has 0 unspecified atom stereocenters. The standard InChI is InChI=1S/C12H10N2O2/c15-11-7-3-1-5-13-9(7)10-8(12(11)16)4-2-6-14-10/h1-6,11-12,15-16H/t11-,12-/m1/s1. The van der Waals surface area contributed by atoms with Crippen LogP contribution in [0.3, 0.4) is 0 Å². The molecule has 2 heterocycles. The highest BCUT2D eigenvalue weighted by Crippen LogP contribution is 2.41. The Kier molecular flexibility index (Phi) is 1.99. The Labute approximate surface area is 92.2 Å². The minimum Gasteiger partial charge on any atom is -0.385 e. The first-order valence-corrected chi connectivity index (χ1v) is 5.05. The highest BCUT2D eigenvalue weighted by Gasteiger charge is 2.32. The molecule has 0 fully saturated rings. The molecule has 1 aliphatic carbocycles. The maximum atomic E-state index is 9.96. The van der Waals surface area contributed by atoms with Crippen molar-refractivity contribution >= 4 is 0 Å². The second-order valence-corrected chi connectivity index (χ2v) is 3.77. The van der Waals surface area contributed by atoms with Gasteiger partial charge in [0.1, 0.15) is 12.2 Å². The van der Waals surface area contributed by atoms with Gasteiger partial charge in [0.25, 0.3) is 0 Å². The Morgan fingerprint density at radius 3 is 1.69 bits per heavy atom. The third-order valence-electron chi connectivity index (χ3n) is 2.84. The molecule has 0 aromatic carbocycles. The zero-order valence-electron chi connectivity index (χ0n) is 8.41. The number of pyridine rings is 2. The SMILES string of the molecule is O[C@@H]1c2cccnc2-c2ncccc2[C@H]1O. The number of nitrogens with zero attached hydrogens (tertiary/aromatic N) is 2. The Morgan fingerprint density at radius 2 is 1.25 bits per heavy atom. The maximum absolute atomic E-state index is 9.96. The molecular formula is C12H10N2O2. The smallest absolute Gasteiger partial charge is 0.111 e. The van der Waals surface area contributed by atoms with Crippen LogP contribution in [-0.4, -0.2) is 20.2 Å². The van der Waals surface area contributed by atoms with E-state index in [2.05, 4.69) is 9.97 Å². The molecule has 2 aromatic rings. The van der Waals surface area contributed by atoms with E-state index >= 15 is 0 Å². The predicted octanol–water partition coefficient (Wildman–Crippen LogP) is 1.22. The first-order chi connectivity index (χ1) is 7.79. The van der Waals surface area contributed by atoms with E-state index < -0.39 is 12.2 Å². The molecule has 0 bridgehead atoms. The van der Waals surface area contributed by atoms with Crippen molar-refractivity contribution in [3.05, 3.63) is 47.8 Å². The van der Waals surface area contributed by atoms with Gasteiger partial charge >= 0.3 is 0 Å². The van der Waals surface area contributed by atoms with Crippen molar-refractivity contribution in [2.24, 2.45) is 0 Å². The second kappa shape index (κ2) is 3.37. The van der Waals surface area contributed by atoms with Crippen LogP contribution in [0.5, 0.6) is 0 Å². The summed E-state index contributed by atoms with van der Waals surface area (Å²) in [5.74, 6) is 0. The predicted molar refractivity (Wildman–Crippen MR) is 57.4 cm³/mol. The van der Waals surface area contributed by atoms with Crippen molar-refractivity contribution < 1.29 is 10.2 Å². The molecule has 2 atom stereocenters. The minimum atomic E-state index is -0.930. The third-order valence-corrected chi connectivity index (χ3v) is 2.84. The van der Waals surface area contributed by atoms with E-state index in [1.807, 2.05) is 0 Å². The van der Waals surface area contributed by atoms with Crippen molar-refractivity contribution in [1.29, 1.82) is 0 Å². The van der Waals surface area contributed by atoms with Crippen LogP contribution in [0, 0.1) is 0 Å². The summed E-state index contributed by atoms with van der Waals surface area (Å²) in [6.45, 7) is 0. The van der Waals surface area contributed by atoms with Gasteiger partial charge in [0, 0.05) is 23.5 Å². The van der Waals surface area contributed by atoms with Crippen LogP contribution in [-0.2, 0) is 0 Å². The van der Waals surface area contributed by atoms with Crippen molar-refractivity contribution in [3.63, 3.8) is 0 Å². The molecule has 4 nitrogen and oxygen atoms in total. The summed E-state index contributed by atoms with van der Waals surface area (Å²) in [6.07, 6.45) is 1.45. The van der Waals surface area contributed by atoms with E-state index in [9.17, 15) is 10.2 Å². The zero-order valence-corrected chi connectivity index (χ0v) is 8.41. The van der Waals surface area contributed by atoms with E-state index in [1.54, 1.807) is 36.7 Å². The van der Waals surface area contributed by atoms with Crippen LogP contribution in [0.15, 0.2) is 36.7 Å². The minimum absolute atomic E-state index is 0.626. The lowest BCUT2D eigenvalue weighted by atomic mass is 9.88. The zero-order chi connectivity index (χ0) is 11.1. The van der Waals surface area contributed by atoms with E-state index in [4.69, 9.17) is 0 Å². The van der Waals surface area contributed by atoms with Gasteiger partial charge < -0.3 is 10.2 Å². The van der Waals surface area contributed by atoms with Crippen molar-refractivity contribution in [3.8, 4) is 11.4 Å². The van der Waals surface area contributed by atoms with Gasteiger partial charge in [0.2, 0.25) is 0 Å². The molecule has 80 valence electrons. The van der Waals surface area contributed by atoms with Gasteiger partial charge in [0.15, 0.2) is 0 Å². The van der Waals surface area contributed by atoms with Gasteiger partial charge in [0.05, 0.1) is 11.4 Å². The number of aliphatic hydroxyl groups is 2. The lowest BCUT2D eigenvalue weighted by Gasteiger charge is -2.27. The Balaban J connectivity index is 2.33. The fourth-order valence-electron chi connectivity index (χ4n) is 2.05. The summed E-state index contributed by atoms with van der Waals surface area (Å²) in [7, 11) is 0. The Hall–Kier alpha value is -1.78. The van der Waals surface area contributed by atoms with Crippen molar-refractivity contribution in [1.82, 2.24) is 9.97 Å². The van der Waals surface area contributed by atoms with Crippen LogP contribution in [0.1, 0.15) is 23.3 Å². The largest absolute Gasteiger partial charge is 0.385 e. The number of hydrogen-bond acceptors (Lipinski definition) is 4. The molecular weight excluding hydrogens is 204 g/mol. The molecule has 2 aromatic heterocycles. The highest BCUT2D eigenvalue weighted by molar-refractivity contribution is 5.66. The molecule has 0 amide bonds. The normalized spacial score (nSPS) is 22.4. The van der Waals surface area contributed by atoms with Crippen molar-refractivity contribution in [2.45, 2.75) is 12.2 Å². The molecule has 0 spiro atoms. The van der Waals surface area contributed by atoms with Crippen LogP contribution in [0.25, 0.3) is 11.4 Å². The van der Waals surface area contributed by atoms with Gasteiger partial charge in [-0.2, -0.15) is 0 Å². The summed E-state index contributed by atoms with van der Waals surface area (Å²) in [5, 5.41) is 19.9. The van der Waals surface area contributed by atoms with Gasteiger partial charge in [-0.3, -0.25) is 9.97 Å². The monoisotopic (exact) mass is 214 g/mol. The molecule has 0 saturated carbocycles. The van der Waals surface area contributed by atoms with E-state index in [0.29, 0.717) is 22.5 Å². The first-order valence-electron chi connectivity index (χ1n) is 5.05. The summed E-state index contributed by atoms with van der Waals surface area (Å²) in [5.41, 5.74) is 2.55. The van der Waals surface area contributed by atoms with Crippen molar-refractivity contribution in [2.75, 3.05) is 0 Å². The second-order valence-electron chi connectivity index (χ2n) is 3.77. The van der Waals surface area contributed by atoms with Gasteiger partial charge in [-0.05, 0) is 12.1 Å². The van der Waals surface area contributed by atoms with E-state index in [0.717, 1.165) is 0 Å². The molecule has 0 aliphatic heterocycles. The van der Waals surface area contributed by atoms with E-state index in [1.165, 1.54) is 0 Å². The van der Waals surface area contributed by atoms with Crippen LogP contribution in [0.2, 0.25) is 0 Å². The molecule has 0 radical (unpaired) electrons. The quantitative estimate of drug-likeness (QED) is 0.692. The maximum Gasteiger partial charge on any atom is 0.111 e. The third kappa shape index (κ3) is 1.17. The molecule has 3 rings (SSSR count).